The monoisotopic (exact) mass is 250 g/mol. The van der Waals surface area contributed by atoms with Crippen molar-refractivity contribution in [3.8, 4) is 0 Å². The first-order valence-corrected chi connectivity index (χ1v) is 5.45. The van der Waals surface area contributed by atoms with Crippen LogP contribution >= 0.6 is 0 Å². The fourth-order valence-corrected chi connectivity index (χ4v) is 1.85. The number of nitrogens with two attached hydrogens (primary N) is 1. The largest absolute Gasteiger partial charge is 0.478 e. The number of hydrogen-bond donors (Lipinski definition) is 5. The molecule has 2 unspecified atom stereocenters. The number of fused-ring (bicyclic) bond motifs is 1. The number of carboxylic acids is 1. The molecule has 1 aromatic carbocycles. The van der Waals surface area contributed by atoms with Gasteiger partial charge in [-0.15, -0.1) is 0 Å². The summed E-state index contributed by atoms with van der Waals surface area (Å²) in [5, 5.41) is 28.8. The van der Waals surface area contributed by atoms with Crippen molar-refractivity contribution < 1.29 is 20.1 Å². The highest BCUT2D eigenvalue weighted by Gasteiger charge is 2.18. The predicted molar refractivity (Wildman–Crippen MR) is 65.3 cm³/mol. The summed E-state index contributed by atoms with van der Waals surface area (Å²) < 4.78 is 0. The summed E-state index contributed by atoms with van der Waals surface area (Å²) in [4.78, 5) is 13.8. The maximum absolute atomic E-state index is 11.0. The summed E-state index contributed by atoms with van der Waals surface area (Å²) in [6.45, 7) is -0.0713. The highest BCUT2D eigenvalue weighted by Crippen LogP contribution is 2.24. The molecule has 1 aromatic heterocycles. The van der Waals surface area contributed by atoms with Crippen molar-refractivity contribution in [3.63, 3.8) is 0 Å². The number of aliphatic hydroxyl groups excluding tert-OH is 2. The van der Waals surface area contributed by atoms with Gasteiger partial charge in [-0.3, -0.25) is 0 Å². The number of hydrogen-bond acceptors (Lipinski definition) is 4. The molecule has 6 nitrogen and oxygen atoms in total. The Morgan fingerprint density at radius 3 is 2.72 bits per heavy atom. The maximum atomic E-state index is 11.0. The molecule has 0 saturated heterocycles. The Morgan fingerprint density at radius 1 is 1.39 bits per heavy atom. The number of H-pyrrole nitrogens is 1. The SMILES string of the molecule is NCC(O)C(O)c1ccc2[nH]cc(C(=O)O)c2c1. The fraction of sp³-hybridized carbons (Fsp3) is 0.250. The lowest BCUT2D eigenvalue weighted by molar-refractivity contribution is 0.0244. The summed E-state index contributed by atoms with van der Waals surface area (Å²) in [6, 6.07) is 4.82. The van der Waals surface area contributed by atoms with Gasteiger partial charge >= 0.3 is 5.97 Å². The summed E-state index contributed by atoms with van der Waals surface area (Å²) in [7, 11) is 0. The molecule has 0 aliphatic heterocycles. The van der Waals surface area contributed by atoms with Crippen LogP contribution in [0.3, 0.4) is 0 Å². The lowest BCUT2D eigenvalue weighted by Crippen LogP contribution is -2.27. The second kappa shape index (κ2) is 4.77. The third-order valence-corrected chi connectivity index (χ3v) is 2.88. The van der Waals surface area contributed by atoms with Crippen molar-refractivity contribution in [2.24, 2.45) is 5.73 Å². The molecule has 6 heteroatoms. The van der Waals surface area contributed by atoms with E-state index >= 15 is 0 Å². The van der Waals surface area contributed by atoms with Gasteiger partial charge in [-0.25, -0.2) is 4.79 Å². The lowest BCUT2D eigenvalue weighted by atomic mass is 10.0. The Balaban J connectivity index is 2.48. The number of benzene rings is 1. The van der Waals surface area contributed by atoms with Crippen LogP contribution in [0.2, 0.25) is 0 Å². The van der Waals surface area contributed by atoms with Crippen LogP contribution in [0.25, 0.3) is 10.9 Å². The molecule has 2 aromatic rings. The molecule has 0 bridgehead atoms. The highest BCUT2D eigenvalue weighted by atomic mass is 16.4. The van der Waals surface area contributed by atoms with Crippen LogP contribution in [-0.2, 0) is 0 Å². The summed E-state index contributed by atoms with van der Waals surface area (Å²) in [6.07, 6.45) is -0.812. The van der Waals surface area contributed by atoms with Crippen molar-refractivity contribution >= 4 is 16.9 Å². The van der Waals surface area contributed by atoms with Crippen molar-refractivity contribution in [3.05, 3.63) is 35.5 Å². The van der Waals surface area contributed by atoms with Crippen LogP contribution in [0, 0.1) is 0 Å². The Kier molecular flexibility index (Phi) is 3.33. The zero-order valence-corrected chi connectivity index (χ0v) is 9.50. The number of aromatic carboxylic acids is 1. The molecule has 2 rings (SSSR count). The summed E-state index contributed by atoms with van der Waals surface area (Å²) in [5.41, 5.74) is 6.49. The number of carboxylic acid groups (broad SMARTS) is 1. The van der Waals surface area contributed by atoms with Crippen molar-refractivity contribution in [2.75, 3.05) is 6.54 Å². The smallest absolute Gasteiger partial charge is 0.337 e. The first-order chi connectivity index (χ1) is 8.54. The quantitative estimate of drug-likeness (QED) is 0.531. The second-order valence-electron chi connectivity index (χ2n) is 4.06. The van der Waals surface area contributed by atoms with Crippen molar-refractivity contribution in [1.29, 1.82) is 0 Å². The predicted octanol–water partition coefficient (Wildman–Crippen LogP) is 0.219. The van der Waals surface area contributed by atoms with Gasteiger partial charge in [0.15, 0.2) is 0 Å². The molecule has 96 valence electrons. The van der Waals surface area contributed by atoms with E-state index in [4.69, 9.17) is 10.8 Å². The molecule has 1 heterocycles. The minimum Gasteiger partial charge on any atom is -0.478 e. The Morgan fingerprint density at radius 2 is 2.11 bits per heavy atom. The van der Waals surface area contributed by atoms with E-state index in [1.165, 1.54) is 6.20 Å². The summed E-state index contributed by atoms with van der Waals surface area (Å²) >= 11 is 0. The van der Waals surface area contributed by atoms with E-state index in [0.717, 1.165) is 0 Å². The normalized spacial score (nSPS) is 14.6. The Labute approximate surface area is 103 Å². The number of aromatic amines is 1. The van der Waals surface area contributed by atoms with E-state index in [1.54, 1.807) is 18.2 Å². The van der Waals surface area contributed by atoms with Gasteiger partial charge in [-0.1, -0.05) is 6.07 Å². The minimum absolute atomic E-state index is 0.0713. The lowest BCUT2D eigenvalue weighted by Gasteiger charge is -2.16. The molecule has 18 heavy (non-hydrogen) atoms. The van der Waals surface area contributed by atoms with Crippen LogP contribution in [-0.4, -0.2) is 38.9 Å². The molecule has 0 amide bonds. The topological polar surface area (TPSA) is 120 Å². The first kappa shape index (κ1) is 12.6. The van der Waals surface area contributed by atoms with Gasteiger partial charge in [0.05, 0.1) is 11.7 Å². The number of aliphatic hydroxyl groups is 2. The Hall–Kier alpha value is -1.89. The number of nitrogens with one attached hydrogen (secondary N) is 1. The van der Waals surface area contributed by atoms with Gasteiger partial charge in [0.1, 0.15) is 6.10 Å². The number of carbonyl (C=O) groups is 1. The van der Waals surface area contributed by atoms with Crippen LogP contribution in [0.4, 0.5) is 0 Å². The highest BCUT2D eigenvalue weighted by molar-refractivity contribution is 6.03. The number of aromatic nitrogens is 1. The molecular weight excluding hydrogens is 236 g/mol. The fourth-order valence-electron chi connectivity index (χ4n) is 1.85. The molecule has 6 N–H and O–H groups in total. The van der Waals surface area contributed by atoms with Gasteiger partial charge in [-0.05, 0) is 17.7 Å². The zero-order chi connectivity index (χ0) is 13.3. The Bertz CT molecular complexity index is 578. The van der Waals surface area contributed by atoms with Crippen LogP contribution in [0.1, 0.15) is 22.0 Å². The molecular formula is C12H14N2O4. The van der Waals surface area contributed by atoms with Crippen LogP contribution in [0.5, 0.6) is 0 Å². The first-order valence-electron chi connectivity index (χ1n) is 5.45. The van der Waals surface area contributed by atoms with E-state index in [0.29, 0.717) is 16.5 Å². The van der Waals surface area contributed by atoms with E-state index in [1.807, 2.05) is 0 Å². The number of rotatable bonds is 4. The second-order valence-corrected chi connectivity index (χ2v) is 4.06. The van der Waals surface area contributed by atoms with Crippen molar-refractivity contribution in [2.45, 2.75) is 12.2 Å². The average Bonchev–Trinajstić information content (AvgIpc) is 2.79. The van der Waals surface area contributed by atoms with Gasteiger partial charge < -0.3 is 26.0 Å². The summed E-state index contributed by atoms with van der Waals surface area (Å²) in [5.74, 6) is -1.05. The molecule has 0 saturated carbocycles. The van der Waals surface area contributed by atoms with Gasteiger partial charge in [0.25, 0.3) is 0 Å². The minimum atomic E-state index is -1.13. The van der Waals surface area contributed by atoms with Crippen molar-refractivity contribution in [1.82, 2.24) is 4.98 Å². The van der Waals surface area contributed by atoms with Crippen LogP contribution < -0.4 is 5.73 Å². The molecule has 2 atom stereocenters. The van der Waals surface area contributed by atoms with E-state index in [9.17, 15) is 15.0 Å². The van der Waals surface area contributed by atoms with Crippen LogP contribution in [0.15, 0.2) is 24.4 Å². The molecule has 0 fully saturated rings. The molecule has 0 aliphatic rings. The molecule has 0 spiro atoms. The zero-order valence-electron chi connectivity index (χ0n) is 9.50. The third-order valence-electron chi connectivity index (χ3n) is 2.88. The van der Waals surface area contributed by atoms with Gasteiger partial charge in [0, 0.05) is 23.6 Å². The molecule has 0 aliphatic carbocycles. The third kappa shape index (κ3) is 2.08. The average molecular weight is 250 g/mol. The standard InChI is InChI=1S/C12H14N2O4/c13-4-10(15)11(16)6-1-2-9-7(3-6)8(5-14-9)12(17)18/h1-3,5,10-11,14-16H,4,13H2,(H,17,18). The van der Waals surface area contributed by atoms with E-state index in [2.05, 4.69) is 4.98 Å². The maximum Gasteiger partial charge on any atom is 0.337 e. The van der Waals surface area contributed by atoms with E-state index in [-0.39, 0.29) is 12.1 Å². The van der Waals surface area contributed by atoms with Gasteiger partial charge in [0.2, 0.25) is 0 Å². The van der Waals surface area contributed by atoms with Gasteiger partial charge in [-0.2, -0.15) is 0 Å². The van der Waals surface area contributed by atoms with E-state index < -0.39 is 18.2 Å². The molecule has 0 radical (unpaired) electrons.